The van der Waals surface area contributed by atoms with E-state index >= 15 is 0 Å². The zero-order chi connectivity index (χ0) is 21.6. The number of amides is 1. The molecule has 0 radical (unpaired) electrons. The monoisotopic (exact) mass is 411 g/mol. The Kier molecular flexibility index (Phi) is 6.59. The van der Waals surface area contributed by atoms with E-state index < -0.39 is 11.9 Å². The van der Waals surface area contributed by atoms with Crippen LogP contribution in [0, 0.1) is 22.7 Å². The molecule has 0 atom stereocenters. The van der Waals surface area contributed by atoms with Gasteiger partial charge in [0, 0.05) is 29.6 Å². The number of benzene rings is 1. The SMILES string of the molecule is CC(C)(C)c1[nH]nc(/N=N/C(C#N)=C(\O)c2ccc(NC(=O)OS)cc2)c1C#N. The number of aliphatic hydroxyl groups excluding tert-OH is 1. The van der Waals surface area contributed by atoms with Gasteiger partial charge >= 0.3 is 6.09 Å². The number of aromatic amines is 1. The van der Waals surface area contributed by atoms with E-state index in [0.29, 0.717) is 11.4 Å². The number of hydrogen-bond donors (Lipinski definition) is 4. The minimum absolute atomic E-state index is 0.0165. The van der Waals surface area contributed by atoms with Gasteiger partial charge in [-0.05, 0) is 24.3 Å². The average molecular weight is 411 g/mol. The zero-order valence-corrected chi connectivity index (χ0v) is 16.7. The van der Waals surface area contributed by atoms with Gasteiger partial charge in [0.1, 0.15) is 17.7 Å². The molecule has 2 aromatic rings. The largest absolute Gasteiger partial charge is 0.504 e. The number of nitrogens with one attached hydrogen (secondary N) is 2. The third kappa shape index (κ3) is 5.12. The molecule has 1 amide bonds. The molecule has 1 aromatic carbocycles. The lowest BCUT2D eigenvalue weighted by atomic mass is 9.90. The van der Waals surface area contributed by atoms with Crippen LogP contribution >= 0.6 is 12.9 Å². The number of aliphatic hydroxyl groups is 1. The summed E-state index contributed by atoms with van der Waals surface area (Å²) in [6.45, 7) is 5.72. The van der Waals surface area contributed by atoms with Gasteiger partial charge in [-0.1, -0.05) is 20.8 Å². The summed E-state index contributed by atoms with van der Waals surface area (Å²) in [6.07, 6.45) is -0.769. The Bertz CT molecular complexity index is 1050. The molecule has 0 saturated carbocycles. The third-order valence-electron chi connectivity index (χ3n) is 3.67. The molecule has 148 valence electrons. The van der Waals surface area contributed by atoms with Crippen molar-refractivity contribution in [1.29, 1.82) is 10.5 Å². The summed E-state index contributed by atoms with van der Waals surface area (Å²) in [5.41, 5.74) is 0.725. The van der Waals surface area contributed by atoms with Crippen molar-refractivity contribution >= 4 is 36.3 Å². The quantitative estimate of drug-likeness (QED) is 0.190. The fourth-order valence-corrected chi connectivity index (χ4v) is 2.31. The van der Waals surface area contributed by atoms with Gasteiger partial charge in [-0.3, -0.25) is 10.4 Å². The maximum absolute atomic E-state index is 11.1. The number of hydrogen-bond acceptors (Lipinski definition) is 9. The summed E-state index contributed by atoms with van der Waals surface area (Å²) < 4.78 is 4.19. The van der Waals surface area contributed by atoms with E-state index in [-0.39, 0.29) is 28.1 Å². The van der Waals surface area contributed by atoms with Crippen LogP contribution in [-0.2, 0) is 9.60 Å². The lowest BCUT2D eigenvalue weighted by molar-refractivity contribution is 0.223. The number of thiol groups is 1. The molecule has 1 aromatic heterocycles. The van der Waals surface area contributed by atoms with Crippen molar-refractivity contribution in [3.63, 3.8) is 0 Å². The van der Waals surface area contributed by atoms with Crippen molar-refractivity contribution in [2.75, 3.05) is 5.32 Å². The molecule has 10 nitrogen and oxygen atoms in total. The Hall–Kier alpha value is -3.83. The highest BCUT2D eigenvalue weighted by Crippen LogP contribution is 2.29. The van der Waals surface area contributed by atoms with Crippen LogP contribution in [0.25, 0.3) is 5.76 Å². The fraction of sp³-hybridized carbons (Fsp3) is 0.222. The summed E-state index contributed by atoms with van der Waals surface area (Å²) in [5.74, 6) is -0.410. The molecule has 29 heavy (non-hydrogen) atoms. The minimum Gasteiger partial charge on any atom is -0.504 e. The zero-order valence-electron chi connectivity index (χ0n) is 15.8. The number of azo groups is 1. The second-order valence-electron chi connectivity index (χ2n) is 6.75. The van der Waals surface area contributed by atoms with Crippen molar-refractivity contribution in [1.82, 2.24) is 10.2 Å². The number of anilines is 1. The van der Waals surface area contributed by atoms with Crippen LogP contribution < -0.4 is 5.32 Å². The van der Waals surface area contributed by atoms with Crippen LogP contribution in [0.2, 0.25) is 0 Å². The minimum atomic E-state index is -0.769. The summed E-state index contributed by atoms with van der Waals surface area (Å²) in [4.78, 5) is 11.1. The van der Waals surface area contributed by atoms with Gasteiger partial charge in [-0.2, -0.15) is 15.6 Å². The topological polar surface area (TPSA) is 160 Å². The van der Waals surface area contributed by atoms with E-state index in [1.165, 1.54) is 24.3 Å². The summed E-state index contributed by atoms with van der Waals surface area (Å²) in [6, 6.07) is 9.66. The molecule has 0 saturated heterocycles. The molecule has 2 rings (SSSR count). The van der Waals surface area contributed by atoms with Gasteiger partial charge in [-0.25, -0.2) is 4.79 Å². The smallest absolute Gasteiger partial charge is 0.423 e. The predicted molar refractivity (Wildman–Crippen MR) is 107 cm³/mol. The van der Waals surface area contributed by atoms with E-state index in [1.54, 1.807) is 6.07 Å². The average Bonchev–Trinajstić information content (AvgIpc) is 3.12. The van der Waals surface area contributed by atoms with Crippen LogP contribution in [0.15, 0.2) is 40.2 Å². The van der Waals surface area contributed by atoms with Crippen LogP contribution in [-0.4, -0.2) is 21.4 Å². The van der Waals surface area contributed by atoms with Gasteiger partial charge in [0.25, 0.3) is 0 Å². The third-order valence-corrected chi connectivity index (χ3v) is 3.84. The molecule has 0 bridgehead atoms. The lowest BCUT2D eigenvalue weighted by Crippen LogP contribution is -2.13. The van der Waals surface area contributed by atoms with Crippen molar-refractivity contribution in [2.24, 2.45) is 10.2 Å². The highest BCUT2D eigenvalue weighted by molar-refractivity contribution is 7.75. The molecule has 0 fully saturated rings. The number of rotatable bonds is 4. The van der Waals surface area contributed by atoms with E-state index in [1.807, 2.05) is 26.8 Å². The number of nitrogens with zero attached hydrogens (tertiary/aromatic N) is 5. The van der Waals surface area contributed by atoms with E-state index in [0.717, 1.165) is 0 Å². The number of aromatic nitrogens is 2. The number of H-pyrrole nitrogens is 1. The molecule has 0 spiro atoms. The van der Waals surface area contributed by atoms with Crippen molar-refractivity contribution < 1.29 is 14.1 Å². The number of nitriles is 2. The molecule has 1 heterocycles. The highest BCUT2D eigenvalue weighted by Gasteiger charge is 2.24. The Labute approximate surface area is 172 Å². The normalized spacial score (nSPS) is 12.1. The Morgan fingerprint density at radius 3 is 2.48 bits per heavy atom. The maximum atomic E-state index is 11.1. The van der Waals surface area contributed by atoms with Crippen molar-refractivity contribution in [3.05, 3.63) is 46.8 Å². The van der Waals surface area contributed by atoms with Crippen LogP contribution in [0.1, 0.15) is 37.6 Å². The first-order valence-corrected chi connectivity index (χ1v) is 8.54. The van der Waals surface area contributed by atoms with E-state index in [2.05, 4.69) is 42.8 Å². The molecule has 0 aliphatic heterocycles. The molecule has 11 heteroatoms. The standard InChI is InChI=1S/C18H17N7O3S/c1-18(2,3)15-12(8-19)16(25-23-15)24-22-13(9-20)14(26)10-4-6-11(7-5-10)21-17(27)28-29/h4-7,26,29H,1-3H3,(H,21,27)(H,23,25)/b14-13-,24-22+. The Morgan fingerprint density at radius 1 is 1.31 bits per heavy atom. The van der Waals surface area contributed by atoms with Crippen LogP contribution in [0.5, 0.6) is 0 Å². The van der Waals surface area contributed by atoms with Gasteiger partial charge < -0.3 is 9.29 Å². The first-order valence-electron chi connectivity index (χ1n) is 8.18. The lowest BCUT2D eigenvalue weighted by Gasteiger charge is -2.15. The van der Waals surface area contributed by atoms with Gasteiger partial charge in [0.15, 0.2) is 5.76 Å². The molecular formula is C18H17N7O3S. The van der Waals surface area contributed by atoms with Crippen LogP contribution in [0.3, 0.4) is 0 Å². The van der Waals surface area contributed by atoms with Gasteiger partial charge in [0.2, 0.25) is 11.5 Å². The van der Waals surface area contributed by atoms with Gasteiger partial charge in [0.05, 0.1) is 5.69 Å². The van der Waals surface area contributed by atoms with Crippen LogP contribution in [0.4, 0.5) is 16.3 Å². The predicted octanol–water partition coefficient (Wildman–Crippen LogP) is 4.51. The maximum Gasteiger partial charge on any atom is 0.423 e. The summed E-state index contributed by atoms with van der Waals surface area (Å²) in [7, 11) is 0. The highest BCUT2D eigenvalue weighted by atomic mass is 32.1. The molecule has 0 aliphatic rings. The molecule has 0 aliphatic carbocycles. The molecule has 0 unspecified atom stereocenters. The van der Waals surface area contributed by atoms with Gasteiger partial charge in [-0.15, -0.1) is 10.2 Å². The summed E-state index contributed by atoms with van der Waals surface area (Å²) in [5, 5.41) is 45.7. The Morgan fingerprint density at radius 2 is 1.97 bits per heavy atom. The van der Waals surface area contributed by atoms with Crippen molar-refractivity contribution in [3.8, 4) is 12.1 Å². The molecule has 3 N–H and O–H groups in total. The number of allylic oxidation sites excluding steroid dienone is 1. The number of carbonyl (C=O) groups is 1. The van der Waals surface area contributed by atoms with Crippen molar-refractivity contribution in [2.45, 2.75) is 26.2 Å². The molecular weight excluding hydrogens is 394 g/mol. The fourth-order valence-electron chi connectivity index (χ4n) is 2.26. The first-order chi connectivity index (χ1) is 13.7. The van der Waals surface area contributed by atoms with E-state index in [4.69, 9.17) is 0 Å². The summed E-state index contributed by atoms with van der Waals surface area (Å²) >= 11 is 3.38. The number of carbonyl (C=O) groups excluding carboxylic acids is 1. The Balaban J connectivity index is 2.33. The second-order valence-corrected chi connectivity index (χ2v) is 6.93. The first kappa shape index (κ1) is 21.5. The van der Waals surface area contributed by atoms with E-state index in [9.17, 15) is 20.4 Å². The second kappa shape index (κ2) is 8.91.